The van der Waals surface area contributed by atoms with E-state index < -0.39 is 23.8 Å². The first-order valence-corrected chi connectivity index (χ1v) is 9.50. The van der Waals surface area contributed by atoms with Gasteiger partial charge in [-0.1, -0.05) is 12.1 Å². The molecule has 1 aliphatic heterocycles. The van der Waals surface area contributed by atoms with Crippen LogP contribution in [0.25, 0.3) is 0 Å². The van der Waals surface area contributed by atoms with Gasteiger partial charge in [-0.2, -0.15) is 0 Å². The average Bonchev–Trinajstić information content (AvgIpc) is 2.65. The van der Waals surface area contributed by atoms with Gasteiger partial charge in [-0.15, -0.1) is 0 Å². The van der Waals surface area contributed by atoms with E-state index in [1.165, 1.54) is 24.3 Å². The highest BCUT2D eigenvalue weighted by molar-refractivity contribution is 5.89. The van der Waals surface area contributed by atoms with Crippen molar-refractivity contribution in [3.63, 3.8) is 0 Å². The predicted octanol–water partition coefficient (Wildman–Crippen LogP) is 3.43. The second kappa shape index (κ2) is 9.19. The lowest BCUT2D eigenvalue weighted by Crippen LogP contribution is -2.45. The molecule has 2 aromatic rings. The lowest BCUT2D eigenvalue weighted by molar-refractivity contribution is -0.00539. The molecule has 3 rings (SSSR count). The van der Waals surface area contributed by atoms with Crippen LogP contribution in [-0.4, -0.2) is 43.0 Å². The van der Waals surface area contributed by atoms with Crippen LogP contribution in [0.4, 0.5) is 25.0 Å². The van der Waals surface area contributed by atoms with Crippen LogP contribution in [0, 0.1) is 11.6 Å². The minimum atomic E-state index is -1.05. The summed E-state index contributed by atoms with van der Waals surface area (Å²) in [7, 11) is 0. The minimum absolute atomic E-state index is 0.00578. The molecule has 1 saturated heterocycles. The fraction of sp³-hybridized carbons (Fsp3) is 0.381. The molecule has 3 atom stereocenters. The van der Waals surface area contributed by atoms with E-state index in [0.29, 0.717) is 30.0 Å². The normalized spacial score (nSPS) is 20.2. The summed E-state index contributed by atoms with van der Waals surface area (Å²) in [6.07, 6.45) is -1.04. The predicted molar refractivity (Wildman–Crippen MR) is 107 cm³/mol. The summed E-state index contributed by atoms with van der Waals surface area (Å²) in [6, 6.07) is 9.41. The van der Waals surface area contributed by atoms with Crippen LogP contribution in [0.15, 0.2) is 42.5 Å². The van der Waals surface area contributed by atoms with Crippen LogP contribution in [0.5, 0.6) is 0 Å². The van der Waals surface area contributed by atoms with E-state index in [9.17, 15) is 18.7 Å². The third-order valence-electron chi connectivity index (χ3n) is 4.66. The highest BCUT2D eigenvalue weighted by Gasteiger charge is 2.24. The van der Waals surface area contributed by atoms with Gasteiger partial charge in [0.05, 0.1) is 24.0 Å². The summed E-state index contributed by atoms with van der Waals surface area (Å²) in [6.45, 7) is 4.95. The van der Waals surface area contributed by atoms with Gasteiger partial charge in [0, 0.05) is 25.3 Å². The number of ether oxygens (including phenoxy) is 1. The summed E-state index contributed by atoms with van der Waals surface area (Å²) >= 11 is 0. The monoisotopic (exact) mass is 405 g/mol. The van der Waals surface area contributed by atoms with Crippen molar-refractivity contribution >= 4 is 17.4 Å². The number of carbonyl (C=O) groups is 1. The lowest BCUT2D eigenvalue weighted by atomic mass is 10.1. The van der Waals surface area contributed by atoms with Crippen molar-refractivity contribution in [2.45, 2.75) is 32.2 Å². The number of anilines is 2. The SMILES string of the molecule is C[C@@H]1CN(c2ccc(NC(=O)NC[C@H](O)c3cccc(F)c3)cc2F)C[C@H](C)O1. The van der Waals surface area contributed by atoms with Crippen molar-refractivity contribution < 1.29 is 23.4 Å². The van der Waals surface area contributed by atoms with Crippen LogP contribution in [0.3, 0.4) is 0 Å². The summed E-state index contributed by atoms with van der Waals surface area (Å²) in [5.41, 5.74) is 1.10. The number of aliphatic hydroxyl groups excluding tert-OH is 1. The molecular formula is C21H25F2N3O3. The van der Waals surface area contributed by atoms with Crippen molar-refractivity contribution in [3.8, 4) is 0 Å². The van der Waals surface area contributed by atoms with Crippen molar-refractivity contribution in [2.24, 2.45) is 0 Å². The molecule has 29 heavy (non-hydrogen) atoms. The Labute approximate surface area is 168 Å². The molecule has 0 radical (unpaired) electrons. The van der Waals surface area contributed by atoms with E-state index in [2.05, 4.69) is 10.6 Å². The van der Waals surface area contributed by atoms with Crippen LogP contribution in [0.1, 0.15) is 25.5 Å². The molecule has 0 aromatic heterocycles. The number of nitrogens with zero attached hydrogens (tertiary/aromatic N) is 1. The van der Waals surface area contributed by atoms with Crippen LogP contribution in [-0.2, 0) is 4.74 Å². The zero-order valence-corrected chi connectivity index (χ0v) is 16.4. The Morgan fingerprint density at radius 3 is 2.59 bits per heavy atom. The number of aliphatic hydroxyl groups is 1. The van der Waals surface area contributed by atoms with Crippen molar-refractivity contribution in [1.29, 1.82) is 0 Å². The topological polar surface area (TPSA) is 73.8 Å². The van der Waals surface area contributed by atoms with Crippen LogP contribution >= 0.6 is 0 Å². The van der Waals surface area contributed by atoms with Gasteiger partial charge in [0.25, 0.3) is 0 Å². The van der Waals surface area contributed by atoms with Crippen molar-refractivity contribution in [3.05, 3.63) is 59.7 Å². The number of carbonyl (C=O) groups excluding carboxylic acids is 1. The maximum Gasteiger partial charge on any atom is 0.319 e. The van der Waals surface area contributed by atoms with Crippen molar-refractivity contribution in [1.82, 2.24) is 5.32 Å². The van der Waals surface area contributed by atoms with Gasteiger partial charge in [0.15, 0.2) is 0 Å². The summed E-state index contributed by atoms with van der Waals surface area (Å²) in [4.78, 5) is 14.0. The Morgan fingerprint density at radius 2 is 1.93 bits per heavy atom. The standard InChI is InChI=1S/C21H25F2N3O3/c1-13-11-26(12-14(2)29-13)19-7-6-17(9-18(19)23)25-21(28)24-10-20(27)15-4-3-5-16(22)8-15/h3-9,13-14,20,27H,10-12H2,1-2H3,(H2,24,25,28)/t13-,14+,20-/m0/s1. The van der Waals surface area contributed by atoms with E-state index in [4.69, 9.17) is 4.74 Å². The zero-order chi connectivity index (χ0) is 21.0. The fourth-order valence-electron chi connectivity index (χ4n) is 3.41. The van der Waals surface area contributed by atoms with Crippen molar-refractivity contribution in [2.75, 3.05) is 29.9 Å². The number of nitrogens with one attached hydrogen (secondary N) is 2. The largest absolute Gasteiger partial charge is 0.387 e. The number of morpholine rings is 1. The Morgan fingerprint density at radius 1 is 1.21 bits per heavy atom. The number of hydrogen-bond donors (Lipinski definition) is 3. The zero-order valence-electron chi connectivity index (χ0n) is 16.4. The van der Waals surface area contributed by atoms with E-state index in [0.717, 1.165) is 0 Å². The molecule has 8 heteroatoms. The highest BCUT2D eigenvalue weighted by atomic mass is 19.1. The molecule has 0 bridgehead atoms. The van der Waals surface area contributed by atoms with Gasteiger partial charge in [-0.3, -0.25) is 0 Å². The summed E-state index contributed by atoms with van der Waals surface area (Å²) in [5, 5.41) is 15.1. The number of rotatable bonds is 5. The quantitative estimate of drug-likeness (QED) is 0.713. The number of hydrogen-bond acceptors (Lipinski definition) is 4. The summed E-state index contributed by atoms with van der Waals surface area (Å²) in [5.74, 6) is -0.908. The van der Waals surface area contributed by atoms with E-state index in [1.807, 2.05) is 18.7 Å². The molecule has 2 amide bonds. The number of halogens is 2. The Bertz CT molecular complexity index is 855. The van der Waals surface area contributed by atoms with Crippen LogP contribution in [0.2, 0.25) is 0 Å². The van der Waals surface area contributed by atoms with E-state index in [1.54, 1.807) is 18.2 Å². The molecule has 0 aliphatic carbocycles. The number of benzene rings is 2. The van der Waals surface area contributed by atoms with E-state index >= 15 is 0 Å². The molecule has 6 nitrogen and oxygen atoms in total. The average molecular weight is 405 g/mol. The molecule has 0 unspecified atom stereocenters. The molecule has 1 fully saturated rings. The highest BCUT2D eigenvalue weighted by Crippen LogP contribution is 2.26. The van der Waals surface area contributed by atoms with Gasteiger partial charge < -0.3 is 25.4 Å². The first kappa shape index (κ1) is 21.0. The maximum absolute atomic E-state index is 14.6. The number of amides is 2. The van der Waals surface area contributed by atoms with Gasteiger partial charge >= 0.3 is 6.03 Å². The van der Waals surface area contributed by atoms with Crippen LogP contribution < -0.4 is 15.5 Å². The Hall–Kier alpha value is -2.71. The Kier molecular flexibility index (Phi) is 6.66. The van der Waals surface area contributed by atoms with Gasteiger partial charge in [0.1, 0.15) is 11.6 Å². The first-order valence-electron chi connectivity index (χ1n) is 9.50. The van der Waals surface area contributed by atoms with Gasteiger partial charge in [0.2, 0.25) is 0 Å². The summed E-state index contributed by atoms with van der Waals surface area (Å²) < 4.78 is 33.5. The molecule has 156 valence electrons. The molecule has 0 spiro atoms. The second-order valence-corrected chi connectivity index (χ2v) is 7.23. The third kappa shape index (κ3) is 5.65. The molecule has 1 aliphatic rings. The first-order chi connectivity index (χ1) is 13.8. The minimum Gasteiger partial charge on any atom is -0.387 e. The second-order valence-electron chi connectivity index (χ2n) is 7.23. The van der Waals surface area contributed by atoms with E-state index in [-0.39, 0.29) is 18.8 Å². The Balaban J connectivity index is 1.56. The molecule has 1 heterocycles. The molecular weight excluding hydrogens is 380 g/mol. The van der Waals surface area contributed by atoms with Gasteiger partial charge in [-0.25, -0.2) is 13.6 Å². The third-order valence-corrected chi connectivity index (χ3v) is 4.66. The fourth-order valence-corrected chi connectivity index (χ4v) is 3.41. The molecule has 3 N–H and O–H groups in total. The molecule has 0 saturated carbocycles. The molecule has 2 aromatic carbocycles. The van der Waals surface area contributed by atoms with Gasteiger partial charge in [-0.05, 0) is 49.7 Å². The lowest BCUT2D eigenvalue weighted by Gasteiger charge is -2.37. The number of urea groups is 1. The maximum atomic E-state index is 14.6. The smallest absolute Gasteiger partial charge is 0.319 e.